The van der Waals surface area contributed by atoms with Gasteiger partial charge in [0.15, 0.2) is 0 Å². The van der Waals surface area contributed by atoms with Crippen molar-refractivity contribution in [2.45, 2.75) is 64.9 Å². The van der Waals surface area contributed by atoms with Crippen LogP contribution >= 0.6 is 0 Å². The Hall–Kier alpha value is -0.0831. The third kappa shape index (κ3) is 4.54. The molecular weight excluding hydrogens is 236 g/mol. The molecular formula is C16H32OSi. The van der Waals surface area contributed by atoms with Crippen molar-refractivity contribution >= 4 is 8.07 Å². The molecule has 4 atom stereocenters. The van der Waals surface area contributed by atoms with Gasteiger partial charge in [-0.2, -0.15) is 0 Å². The zero-order valence-corrected chi connectivity index (χ0v) is 13.9. The molecule has 1 aliphatic carbocycles. The van der Waals surface area contributed by atoms with Crippen molar-refractivity contribution < 1.29 is 5.11 Å². The molecule has 1 saturated carbocycles. The van der Waals surface area contributed by atoms with Crippen molar-refractivity contribution in [3.8, 4) is 0 Å². The second-order valence-electron chi connectivity index (χ2n) is 7.77. The molecule has 1 aliphatic rings. The Labute approximate surface area is 115 Å². The summed E-state index contributed by atoms with van der Waals surface area (Å²) in [6.07, 6.45) is 5.43. The number of rotatable bonds is 6. The number of aliphatic hydroxyl groups is 1. The SMILES string of the molecule is C=CC1CCC(C(O)CC(C)C)C1C[Si](C)(C)C. The summed E-state index contributed by atoms with van der Waals surface area (Å²) < 4.78 is 0. The van der Waals surface area contributed by atoms with E-state index in [1.165, 1.54) is 18.9 Å². The van der Waals surface area contributed by atoms with Crippen molar-refractivity contribution in [2.24, 2.45) is 23.7 Å². The highest BCUT2D eigenvalue weighted by Gasteiger charge is 2.40. The summed E-state index contributed by atoms with van der Waals surface area (Å²) in [6, 6.07) is 1.34. The Morgan fingerprint density at radius 2 is 1.89 bits per heavy atom. The average Bonchev–Trinajstić information content (AvgIpc) is 2.57. The lowest BCUT2D eigenvalue weighted by Gasteiger charge is -2.32. The zero-order valence-electron chi connectivity index (χ0n) is 12.9. The zero-order chi connectivity index (χ0) is 13.9. The minimum absolute atomic E-state index is 0.101. The van der Waals surface area contributed by atoms with Crippen LogP contribution in [-0.4, -0.2) is 19.3 Å². The molecule has 1 rings (SSSR count). The standard InChI is InChI=1S/C16H32OSi/c1-7-13-8-9-14(16(17)10-12(2)3)15(13)11-18(4,5)6/h7,12-17H,1,8-11H2,2-6H3. The molecule has 0 heterocycles. The van der Waals surface area contributed by atoms with Crippen LogP contribution in [0.5, 0.6) is 0 Å². The summed E-state index contributed by atoms with van der Waals surface area (Å²) >= 11 is 0. The fourth-order valence-electron chi connectivity index (χ4n) is 3.57. The van der Waals surface area contributed by atoms with Crippen LogP contribution in [0.2, 0.25) is 25.7 Å². The van der Waals surface area contributed by atoms with Gasteiger partial charge in [0, 0.05) is 8.07 Å². The van der Waals surface area contributed by atoms with Gasteiger partial charge in [0.1, 0.15) is 0 Å². The minimum Gasteiger partial charge on any atom is -0.393 e. The van der Waals surface area contributed by atoms with Gasteiger partial charge in [0.25, 0.3) is 0 Å². The first kappa shape index (κ1) is 16.0. The average molecular weight is 269 g/mol. The molecule has 4 unspecified atom stereocenters. The number of hydrogen-bond acceptors (Lipinski definition) is 1. The Morgan fingerprint density at radius 3 is 2.33 bits per heavy atom. The van der Waals surface area contributed by atoms with E-state index in [4.69, 9.17) is 0 Å². The molecule has 0 spiro atoms. The molecule has 18 heavy (non-hydrogen) atoms. The molecule has 0 bridgehead atoms. The summed E-state index contributed by atoms with van der Waals surface area (Å²) in [4.78, 5) is 0. The van der Waals surface area contributed by atoms with Gasteiger partial charge in [-0.3, -0.25) is 0 Å². The Morgan fingerprint density at radius 1 is 1.28 bits per heavy atom. The highest BCUT2D eigenvalue weighted by atomic mass is 28.3. The smallest absolute Gasteiger partial charge is 0.0573 e. The third-order valence-electron chi connectivity index (χ3n) is 4.29. The summed E-state index contributed by atoms with van der Waals surface area (Å²) in [7, 11) is -1.07. The first-order valence-corrected chi connectivity index (χ1v) is 11.3. The molecule has 0 aromatic carbocycles. The van der Waals surface area contributed by atoms with E-state index in [1.54, 1.807) is 0 Å². The Bertz CT molecular complexity index is 267. The van der Waals surface area contributed by atoms with Crippen molar-refractivity contribution in [3.63, 3.8) is 0 Å². The summed E-state index contributed by atoms with van der Waals surface area (Å²) in [5.41, 5.74) is 0. The summed E-state index contributed by atoms with van der Waals surface area (Å²) in [6.45, 7) is 15.7. The normalized spacial score (nSPS) is 30.7. The van der Waals surface area contributed by atoms with E-state index in [1.807, 2.05) is 0 Å². The predicted octanol–water partition coefficient (Wildman–Crippen LogP) is 4.56. The molecule has 0 amide bonds. The molecule has 0 saturated heterocycles. The largest absolute Gasteiger partial charge is 0.393 e. The van der Waals surface area contributed by atoms with E-state index in [2.05, 4.69) is 46.1 Å². The van der Waals surface area contributed by atoms with Gasteiger partial charge in [0.2, 0.25) is 0 Å². The fraction of sp³-hybridized carbons (Fsp3) is 0.875. The van der Waals surface area contributed by atoms with Crippen molar-refractivity contribution in [1.29, 1.82) is 0 Å². The molecule has 1 N–H and O–H groups in total. The molecule has 0 aromatic rings. The fourth-order valence-corrected chi connectivity index (χ4v) is 5.59. The Balaban J connectivity index is 2.73. The van der Waals surface area contributed by atoms with Gasteiger partial charge in [0.05, 0.1) is 6.10 Å². The van der Waals surface area contributed by atoms with Crippen LogP contribution in [0, 0.1) is 23.7 Å². The maximum absolute atomic E-state index is 10.5. The number of allylic oxidation sites excluding steroid dienone is 1. The molecule has 0 radical (unpaired) electrons. The van der Waals surface area contributed by atoms with E-state index >= 15 is 0 Å². The van der Waals surface area contributed by atoms with Crippen LogP contribution in [0.1, 0.15) is 33.1 Å². The maximum Gasteiger partial charge on any atom is 0.0573 e. The highest BCUT2D eigenvalue weighted by Crippen LogP contribution is 2.45. The molecule has 1 nitrogen and oxygen atoms in total. The predicted molar refractivity (Wildman–Crippen MR) is 83.5 cm³/mol. The Kier molecular flexibility index (Phi) is 5.66. The minimum atomic E-state index is -1.07. The van der Waals surface area contributed by atoms with Gasteiger partial charge in [-0.25, -0.2) is 0 Å². The lowest BCUT2D eigenvalue weighted by atomic mass is 9.84. The van der Waals surface area contributed by atoms with E-state index < -0.39 is 8.07 Å². The van der Waals surface area contributed by atoms with Crippen LogP contribution in [-0.2, 0) is 0 Å². The summed E-state index contributed by atoms with van der Waals surface area (Å²) in [5.74, 6) is 2.43. The molecule has 1 fully saturated rings. The second kappa shape index (κ2) is 6.38. The van der Waals surface area contributed by atoms with E-state index in [-0.39, 0.29) is 6.10 Å². The topological polar surface area (TPSA) is 20.2 Å². The quantitative estimate of drug-likeness (QED) is 0.553. The first-order valence-electron chi connectivity index (χ1n) is 7.55. The monoisotopic (exact) mass is 268 g/mol. The lowest BCUT2D eigenvalue weighted by Crippen LogP contribution is -2.33. The molecule has 2 heteroatoms. The van der Waals surface area contributed by atoms with Gasteiger partial charge in [-0.15, -0.1) is 6.58 Å². The van der Waals surface area contributed by atoms with Crippen LogP contribution in [0.15, 0.2) is 12.7 Å². The molecule has 0 aromatic heterocycles. The second-order valence-corrected chi connectivity index (χ2v) is 13.3. The highest BCUT2D eigenvalue weighted by molar-refractivity contribution is 6.76. The van der Waals surface area contributed by atoms with Crippen molar-refractivity contribution in [2.75, 3.05) is 0 Å². The van der Waals surface area contributed by atoms with Crippen molar-refractivity contribution in [3.05, 3.63) is 12.7 Å². The number of aliphatic hydroxyl groups excluding tert-OH is 1. The van der Waals surface area contributed by atoms with Crippen LogP contribution in [0.3, 0.4) is 0 Å². The van der Waals surface area contributed by atoms with Gasteiger partial charge < -0.3 is 5.11 Å². The third-order valence-corrected chi connectivity index (χ3v) is 5.99. The van der Waals surface area contributed by atoms with E-state index in [9.17, 15) is 5.11 Å². The van der Waals surface area contributed by atoms with Crippen LogP contribution in [0.25, 0.3) is 0 Å². The van der Waals surface area contributed by atoms with Gasteiger partial charge in [-0.1, -0.05) is 45.6 Å². The maximum atomic E-state index is 10.5. The van der Waals surface area contributed by atoms with Crippen LogP contribution in [0.4, 0.5) is 0 Å². The molecule has 106 valence electrons. The van der Waals surface area contributed by atoms with E-state index in [0.29, 0.717) is 23.7 Å². The van der Waals surface area contributed by atoms with Gasteiger partial charge >= 0.3 is 0 Å². The lowest BCUT2D eigenvalue weighted by molar-refractivity contribution is 0.0670. The van der Waals surface area contributed by atoms with Gasteiger partial charge in [-0.05, 0) is 42.9 Å². The van der Waals surface area contributed by atoms with Crippen LogP contribution < -0.4 is 0 Å². The molecule has 0 aliphatic heterocycles. The van der Waals surface area contributed by atoms with E-state index in [0.717, 1.165) is 6.42 Å². The summed E-state index contributed by atoms with van der Waals surface area (Å²) in [5, 5.41) is 10.5. The number of hydrogen-bond donors (Lipinski definition) is 1. The first-order chi connectivity index (χ1) is 8.24. The van der Waals surface area contributed by atoms with Crippen molar-refractivity contribution in [1.82, 2.24) is 0 Å².